The van der Waals surface area contributed by atoms with E-state index in [0.717, 1.165) is 34.9 Å². The Labute approximate surface area is 160 Å². The number of nitrogens with two attached hydrogens (primary N) is 1. The van der Waals surface area contributed by atoms with Crippen molar-refractivity contribution in [2.75, 3.05) is 0 Å². The summed E-state index contributed by atoms with van der Waals surface area (Å²) >= 11 is -2.36. The molecule has 1 aliphatic carbocycles. The lowest BCUT2D eigenvalue weighted by atomic mass is 9.95. The molecular formula is C20H22N3O3S-. The minimum atomic E-state index is -2.36. The average molecular weight is 384 g/mol. The molecule has 1 saturated carbocycles. The van der Waals surface area contributed by atoms with Gasteiger partial charge in [0.15, 0.2) is 0 Å². The molecule has 7 heteroatoms. The van der Waals surface area contributed by atoms with Crippen LogP contribution in [0.15, 0.2) is 59.4 Å². The predicted molar refractivity (Wildman–Crippen MR) is 107 cm³/mol. The molecule has 2 N–H and O–H groups in total. The molecule has 0 amide bonds. The van der Waals surface area contributed by atoms with Crippen LogP contribution < -0.4 is 10.7 Å². The van der Waals surface area contributed by atoms with E-state index in [-0.39, 0.29) is 11.6 Å². The van der Waals surface area contributed by atoms with E-state index in [0.29, 0.717) is 0 Å². The van der Waals surface area contributed by atoms with Gasteiger partial charge in [0, 0.05) is 22.2 Å². The van der Waals surface area contributed by atoms with Crippen molar-refractivity contribution in [2.24, 2.45) is 5.14 Å². The number of hydrogen-bond donors (Lipinski definition) is 1. The standard InChI is InChI=1S/C20H20N2O.H3NO2S/c23-20-18-14-8-7-13-17(18)19(15-9-3-1-4-10-15)21-22(20)16-11-5-2-6-12-16;1-4(2)3/h1,3-4,7-10,13-14,16H,2,5-6,11-12H2;1H2,(H,2,3)/p-1. The zero-order valence-electron chi connectivity index (χ0n) is 14.9. The number of aromatic nitrogens is 2. The zero-order chi connectivity index (χ0) is 19.2. The molecule has 1 heterocycles. The summed E-state index contributed by atoms with van der Waals surface area (Å²) < 4.78 is 19.3. The third kappa shape index (κ3) is 4.68. The van der Waals surface area contributed by atoms with E-state index >= 15 is 0 Å². The molecule has 1 atom stereocenters. The highest BCUT2D eigenvalue weighted by molar-refractivity contribution is 7.76. The number of nitrogens with zero attached hydrogens (tertiary/aromatic N) is 2. The average Bonchev–Trinajstić information content (AvgIpc) is 2.69. The van der Waals surface area contributed by atoms with Crippen LogP contribution in [0, 0.1) is 0 Å². The summed E-state index contributed by atoms with van der Waals surface area (Å²) in [4.78, 5) is 12.9. The second-order valence-corrected chi connectivity index (χ2v) is 7.08. The van der Waals surface area contributed by atoms with Crippen molar-refractivity contribution >= 4 is 22.0 Å². The first-order chi connectivity index (χ1) is 13.1. The van der Waals surface area contributed by atoms with E-state index in [9.17, 15) is 4.79 Å². The van der Waals surface area contributed by atoms with E-state index in [1.807, 2.05) is 42.5 Å². The first-order valence-corrected chi connectivity index (χ1v) is 10.1. The van der Waals surface area contributed by atoms with Crippen LogP contribution in [-0.2, 0) is 11.3 Å². The van der Waals surface area contributed by atoms with Gasteiger partial charge in [0.05, 0.1) is 17.1 Å². The molecule has 0 aliphatic heterocycles. The summed E-state index contributed by atoms with van der Waals surface area (Å²) in [5, 5.41) is 10.5. The number of fused-ring (bicyclic) bond motifs is 1. The highest BCUT2D eigenvalue weighted by Crippen LogP contribution is 2.29. The Morgan fingerprint density at radius 2 is 1.52 bits per heavy atom. The van der Waals surface area contributed by atoms with Crippen molar-refractivity contribution in [1.29, 1.82) is 0 Å². The third-order valence-corrected chi connectivity index (χ3v) is 4.80. The van der Waals surface area contributed by atoms with Crippen LogP contribution in [0.5, 0.6) is 0 Å². The van der Waals surface area contributed by atoms with Gasteiger partial charge < -0.3 is 4.55 Å². The summed E-state index contributed by atoms with van der Waals surface area (Å²) in [6.45, 7) is 0. The first-order valence-electron chi connectivity index (χ1n) is 8.98. The normalized spacial score (nSPS) is 15.8. The number of benzene rings is 2. The fourth-order valence-corrected chi connectivity index (χ4v) is 3.59. The Morgan fingerprint density at radius 1 is 0.963 bits per heavy atom. The molecule has 0 spiro atoms. The van der Waals surface area contributed by atoms with Crippen LogP contribution in [0.4, 0.5) is 0 Å². The molecule has 142 valence electrons. The molecule has 3 aromatic rings. The van der Waals surface area contributed by atoms with Crippen molar-refractivity contribution < 1.29 is 8.76 Å². The molecule has 0 saturated heterocycles. The monoisotopic (exact) mass is 384 g/mol. The largest absolute Gasteiger partial charge is 0.760 e. The van der Waals surface area contributed by atoms with Crippen molar-refractivity contribution in [3.8, 4) is 11.3 Å². The van der Waals surface area contributed by atoms with Gasteiger partial charge in [-0.25, -0.2) is 4.68 Å². The Hall–Kier alpha value is -2.35. The SMILES string of the molecule is NS(=O)[O-].O=c1c2ccccc2c(-c2ccccc2)nn1C1CCCCC1. The van der Waals surface area contributed by atoms with Crippen molar-refractivity contribution in [3.63, 3.8) is 0 Å². The van der Waals surface area contributed by atoms with E-state index in [1.54, 1.807) is 4.68 Å². The lowest BCUT2D eigenvalue weighted by Crippen LogP contribution is -2.29. The molecule has 4 rings (SSSR count). The first kappa shape index (κ1) is 19.4. The molecule has 1 aliphatic rings. The van der Waals surface area contributed by atoms with Gasteiger partial charge in [0.2, 0.25) is 0 Å². The van der Waals surface area contributed by atoms with Gasteiger partial charge >= 0.3 is 0 Å². The van der Waals surface area contributed by atoms with Gasteiger partial charge in [-0.1, -0.05) is 67.8 Å². The molecule has 0 bridgehead atoms. The van der Waals surface area contributed by atoms with Gasteiger partial charge in [-0.05, 0) is 18.9 Å². The molecule has 2 aromatic carbocycles. The molecule has 1 aromatic heterocycles. The van der Waals surface area contributed by atoms with Crippen LogP contribution in [0.1, 0.15) is 38.1 Å². The molecular weight excluding hydrogens is 362 g/mol. The highest BCUT2D eigenvalue weighted by atomic mass is 32.2. The van der Waals surface area contributed by atoms with E-state index < -0.39 is 11.3 Å². The lowest BCUT2D eigenvalue weighted by Gasteiger charge is -2.24. The van der Waals surface area contributed by atoms with Crippen molar-refractivity contribution in [1.82, 2.24) is 9.78 Å². The van der Waals surface area contributed by atoms with Crippen LogP contribution in [0.2, 0.25) is 0 Å². The highest BCUT2D eigenvalue weighted by Gasteiger charge is 2.20. The van der Waals surface area contributed by atoms with Crippen LogP contribution in [-0.4, -0.2) is 18.5 Å². The maximum Gasteiger partial charge on any atom is 0.274 e. The summed E-state index contributed by atoms with van der Waals surface area (Å²) in [5.41, 5.74) is 2.02. The Kier molecular flexibility index (Phi) is 6.49. The quantitative estimate of drug-likeness (QED) is 0.685. The predicted octanol–water partition coefficient (Wildman–Crippen LogP) is 3.31. The van der Waals surface area contributed by atoms with Crippen LogP contribution >= 0.6 is 0 Å². The van der Waals surface area contributed by atoms with E-state index in [1.165, 1.54) is 19.3 Å². The number of hydrogen-bond acceptors (Lipinski definition) is 4. The smallest absolute Gasteiger partial charge is 0.274 e. The summed E-state index contributed by atoms with van der Waals surface area (Å²) in [7, 11) is 0. The lowest BCUT2D eigenvalue weighted by molar-refractivity contribution is 0.321. The van der Waals surface area contributed by atoms with Gasteiger partial charge in [-0.15, -0.1) is 0 Å². The van der Waals surface area contributed by atoms with Gasteiger partial charge in [0.1, 0.15) is 0 Å². The van der Waals surface area contributed by atoms with Crippen LogP contribution in [0.3, 0.4) is 0 Å². The summed E-state index contributed by atoms with van der Waals surface area (Å²) in [5.74, 6) is 0. The van der Waals surface area contributed by atoms with Gasteiger partial charge in [-0.3, -0.25) is 14.1 Å². The minimum Gasteiger partial charge on any atom is -0.760 e. The second-order valence-electron chi connectivity index (χ2n) is 6.56. The zero-order valence-corrected chi connectivity index (χ0v) is 15.7. The van der Waals surface area contributed by atoms with E-state index in [4.69, 9.17) is 13.9 Å². The number of rotatable bonds is 2. The molecule has 27 heavy (non-hydrogen) atoms. The van der Waals surface area contributed by atoms with Crippen molar-refractivity contribution in [3.05, 3.63) is 65.0 Å². The molecule has 1 fully saturated rings. The van der Waals surface area contributed by atoms with Crippen molar-refractivity contribution in [2.45, 2.75) is 38.1 Å². The maximum absolute atomic E-state index is 12.9. The Bertz CT molecular complexity index is 979. The third-order valence-electron chi connectivity index (χ3n) is 4.80. The fraction of sp³-hybridized carbons (Fsp3) is 0.300. The molecule has 6 nitrogen and oxygen atoms in total. The van der Waals surface area contributed by atoms with E-state index in [2.05, 4.69) is 17.3 Å². The molecule has 0 radical (unpaired) electrons. The maximum atomic E-state index is 12.9. The second kappa shape index (κ2) is 9.03. The van der Waals surface area contributed by atoms with Crippen LogP contribution in [0.25, 0.3) is 22.0 Å². The van der Waals surface area contributed by atoms with Gasteiger partial charge in [0.25, 0.3) is 5.56 Å². The minimum absolute atomic E-state index is 0.0483. The Balaban J connectivity index is 0.000000481. The molecule has 1 unspecified atom stereocenters. The summed E-state index contributed by atoms with van der Waals surface area (Å²) in [6.07, 6.45) is 5.75. The van der Waals surface area contributed by atoms with Gasteiger partial charge in [-0.2, -0.15) is 5.10 Å². The summed E-state index contributed by atoms with van der Waals surface area (Å²) in [6, 6.07) is 18.2. The fourth-order valence-electron chi connectivity index (χ4n) is 3.59. The topological polar surface area (TPSA) is 101 Å². The Morgan fingerprint density at radius 3 is 2.15 bits per heavy atom.